The van der Waals surface area contributed by atoms with Crippen LogP contribution in [0.4, 0.5) is 0 Å². The van der Waals surface area contributed by atoms with E-state index in [4.69, 9.17) is 4.74 Å². The van der Waals surface area contributed by atoms with Gasteiger partial charge in [0.1, 0.15) is 5.75 Å². The molecule has 1 aromatic carbocycles. The van der Waals surface area contributed by atoms with E-state index in [0.717, 1.165) is 18.7 Å². The summed E-state index contributed by atoms with van der Waals surface area (Å²) < 4.78 is 5.40. The number of benzene rings is 1. The van der Waals surface area contributed by atoms with Crippen LogP contribution >= 0.6 is 0 Å². The lowest BCUT2D eigenvalue weighted by Crippen LogP contribution is -2.20. The maximum absolute atomic E-state index is 5.40. The monoisotopic (exact) mass is 219 g/mol. The summed E-state index contributed by atoms with van der Waals surface area (Å²) in [4.78, 5) is 0. The molecule has 2 rings (SSSR count). The van der Waals surface area contributed by atoms with Crippen LogP contribution in [-0.4, -0.2) is 13.7 Å². The van der Waals surface area contributed by atoms with Crippen molar-refractivity contribution in [1.29, 1.82) is 0 Å². The maximum atomic E-state index is 5.40. The summed E-state index contributed by atoms with van der Waals surface area (Å²) in [6.45, 7) is 3.35. The Hall–Kier alpha value is -1.02. The van der Waals surface area contributed by atoms with Gasteiger partial charge in [-0.2, -0.15) is 0 Å². The first-order valence-corrected chi connectivity index (χ1v) is 6.26. The second-order valence-corrected chi connectivity index (χ2v) is 4.43. The van der Waals surface area contributed by atoms with Crippen LogP contribution in [0.15, 0.2) is 18.2 Å². The van der Waals surface area contributed by atoms with E-state index < -0.39 is 0 Å². The van der Waals surface area contributed by atoms with Gasteiger partial charge in [-0.15, -0.1) is 0 Å². The van der Waals surface area contributed by atoms with Crippen LogP contribution in [0.2, 0.25) is 0 Å². The highest BCUT2D eigenvalue weighted by atomic mass is 16.5. The molecule has 0 bridgehead atoms. The van der Waals surface area contributed by atoms with Gasteiger partial charge in [0.25, 0.3) is 0 Å². The van der Waals surface area contributed by atoms with Crippen molar-refractivity contribution >= 4 is 0 Å². The molecule has 1 aromatic rings. The van der Waals surface area contributed by atoms with Crippen molar-refractivity contribution in [2.75, 3.05) is 13.7 Å². The van der Waals surface area contributed by atoms with Gasteiger partial charge < -0.3 is 10.1 Å². The van der Waals surface area contributed by atoms with Gasteiger partial charge in [0.2, 0.25) is 0 Å². The predicted molar refractivity (Wildman–Crippen MR) is 67.0 cm³/mol. The molecule has 1 unspecified atom stereocenters. The molecule has 16 heavy (non-hydrogen) atoms. The molecule has 1 aliphatic rings. The number of ether oxygens (including phenoxy) is 1. The molecule has 0 aromatic heterocycles. The summed E-state index contributed by atoms with van der Waals surface area (Å²) in [6.07, 6.45) is 4.86. The summed E-state index contributed by atoms with van der Waals surface area (Å²) in [5.74, 6) is 1.05. The average Bonchev–Trinajstić information content (AvgIpc) is 2.73. The Morgan fingerprint density at radius 1 is 1.44 bits per heavy atom. The smallest absolute Gasteiger partial charge is 0.122 e. The fraction of sp³-hybridized carbons (Fsp3) is 0.571. The molecule has 0 saturated heterocycles. The molecule has 0 amide bonds. The Bertz CT molecular complexity index is 349. The molecule has 0 radical (unpaired) electrons. The number of fused-ring (bicyclic) bond motifs is 1. The maximum Gasteiger partial charge on any atom is 0.122 e. The normalized spacial score (nSPS) is 18.5. The molecule has 1 atom stereocenters. The van der Waals surface area contributed by atoms with Crippen molar-refractivity contribution in [2.24, 2.45) is 0 Å². The zero-order chi connectivity index (χ0) is 11.4. The third-order valence-corrected chi connectivity index (χ3v) is 3.37. The van der Waals surface area contributed by atoms with Crippen molar-refractivity contribution in [1.82, 2.24) is 5.32 Å². The molecule has 0 heterocycles. The Kier molecular flexibility index (Phi) is 3.83. The van der Waals surface area contributed by atoms with Gasteiger partial charge in [0.05, 0.1) is 7.11 Å². The van der Waals surface area contributed by atoms with Crippen molar-refractivity contribution in [2.45, 2.75) is 38.6 Å². The van der Waals surface area contributed by atoms with Crippen LogP contribution in [-0.2, 0) is 6.42 Å². The highest BCUT2D eigenvalue weighted by molar-refractivity contribution is 5.45. The molecule has 88 valence electrons. The van der Waals surface area contributed by atoms with Crippen LogP contribution < -0.4 is 10.1 Å². The lowest BCUT2D eigenvalue weighted by atomic mass is 10.1. The molecular weight excluding hydrogens is 198 g/mol. The molecule has 0 aliphatic heterocycles. The second-order valence-electron chi connectivity index (χ2n) is 4.43. The van der Waals surface area contributed by atoms with E-state index in [1.165, 1.54) is 30.4 Å². The number of methoxy groups -OCH3 is 1. The second kappa shape index (κ2) is 5.35. The zero-order valence-corrected chi connectivity index (χ0v) is 10.3. The van der Waals surface area contributed by atoms with Gasteiger partial charge in [-0.1, -0.05) is 25.5 Å². The van der Waals surface area contributed by atoms with Gasteiger partial charge in [-0.25, -0.2) is 0 Å². The van der Waals surface area contributed by atoms with E-state index in [-0.39, 0.29) is 0 Å². The highest BCUT2D eigenvalue weighted by Crippen LogP contribution is 2.36. The van der Waals surface area contributed by atoms with E-state index in [2.05, 4.69) is 30.4 Å². The Morgan fingerprint density at radius 3 is 3.06 bits per heavy atom. The van der Waals surface area contributed by atoms with Crippen molar-refractivity contribution in [3.8, 4) is 5.75 Å². The zero-order valence-electron chi connectivity index (χ0n) is 10.3. The number of nitrogens with one attached hydrogen (secondary N) is 1. The van der Waals surface area contributed by atoms with Crippen molar-refractivity contribution < 1.29 is 4.74 Å². The van der Waals surface area contributed by atoms with E-state index in [0.29, 0.717) is 6.04 Å². The summed E-state index contributed by atoms with van der Waals surface area (Å²) in [7, 11) is 1.76. The topological polar surface area (TPSA) is 21.3 Å². The van der Waals surface area contributed by atoms with Crippen LogP contribution in [0.3, 0.4) is 0 Å². The fourth-order valence-corrected chi connectivity index (χ4v) is 2.48. The van der Waals surface area contributed by atoms with Gasteiger partial charge in [-0.3, -0.25) is 0 Å². The van der Waals surface area contributed by atoms with Crippen LogP contribution in [0.5, 0.6) is 5.75 Å². The molecule has 0 fully saturated rings. The van der Waals surface area contributed by atoms with Crippen molar-refractivity contribution in [3.05, 3.63) is 29.3 Å². The minimum atomic E-state index is 0.539. The standard InChI is InChI=1S/C14H21NO/c1-3-4-10-15-13-9-8-12-11(13)6-5-7-14(12)16-2/h5-7,13,15H,3-4,8-10H2,1-2H3. The van der Waals surface area contributed by atoms with Gasteiger partial charge in [-0.05, 0) is 43.0 Å². The number of unbranched alkanes of at least 4 members (excludes halogenated alkanes) is 1. The third kappa shape index (κ3) is 2.22. The number of hydrogen-bond acceptors (Lipinski definition) is 2. The molecule has 0 spiro atoms. The molecule has 2 heteroatoms. The third-order valence-electron chi connectivity index (χ3n) is 3.37. The molecular formula is C14H21NO. The van der Waals surface area contributed by atoms with Crippen molar-refractivity contribution in [3.63, 3.8) is 0 Å². The van der Waals surface area contributed by atoms with Gasteiger partial charge in [0, 0.05) is 6.04 Å². The molecule has 2 nitrogen and oxygen atoms in total. The lowest BCUT2D eigenvalue weighted by molar-refractivity contribution is 0.410. The Balaban J connectivity index is 2.08. The minimum Gasteiger partial charge on any atom is -0.496 e. The van der Waals surface area contributed by atoms with Crippen LogP contribution in [0.25, 0.3) is 0 Å². The average molecular weight is 219 g/mol. The van der Waals surface area contributed by atoms with Gasteiger partial charge >= 0.3 is 0 Å². The predicted octanol–water partition coefficient (Wildman–Crippen LogP) is 3.07. The van der Waals surface area contributed by atoms with E-state index in [1.807, 2.05) is 0 Å². The van der Waals surface area contributed by atoms with Crippen LogP contribution in [0.1, 0.15) is 43.4 Å². The fourth-order valence-electron chi connectivity index (χ4n) is 2.48. The first-order valence-electron chi connectivity index (χ1n) is 6.26. The van der Waals surface area contributed by atoms with Crippen LogP contribution in [0, 0.1) is 0 Å². The molecule has 1 N–H and O–H groups in total. The first kappa shape index (κ1) is 11.5. The summed E-state index contributed by atoms with van der Waals surface area (Å²) in [5.41, 5.74) is 2.84. The number of hydrogen-bond donors (Lipinski definition) is 1. The first-order chi connectivity index (χ1) is 7.86. The highest BCUT2D eigenvalue weighted by Gasteiger charge is 2.24. The number of rotatable bonds is 5. The van der Waals surface area contributed by atoms with E-state index in [9.17, 15) is 0 Å². The largest absolute Gasteiger partial charge is 0.496 e. The Morgan fingerprint density at radius 2 is 2.31 bits per heavy atom. The lowest BCUT2D eigenvalue weighted by Gasteiger charge is -2.14. The molecule has 0 saturated carbocycles. The molecule has 1 aliphatic carbocycles. The summed E-state index contributed by atoms with van der Waals surface area (Å²) >= 11 is 0. The summed E-state index contributed by atoms with van der Waals surface area (Å²) in [5, 5.41) is 3.63. The minimum absolute atomic E-state index is 0.539. The van der Waals surface area contributed by atoms with E-state index >= 15 is 0 Å². The van der Waals surface area contributed by atoms with Gasteiger partial charge in [0.15, 0.2) is 0 Å². The summed E-state index contributed by atoms with van der Waals surface area (Å²) in [6, 6.07) is 6.93. The SMILES string of the molecule is CCCCNC1CCc2c(OC)cccc21. The quantitative estimate of drug-likeness (QED) is 0.768. The Labute approximate surface area is 98.0 Å². The van der Waals surface area contributed by atoms with E-state index in [1.54, 1.807) is 7.11 Å².